The van der Waals surface area contributed by atoms with Crippen LogP contribution in [0.15, 0.2) is 52.4 Å². The van der Waals surface area contributed by atoms with Crippen LogP contribution in [0, 0.1) is 0 Å². The quantitative estimate of drug-likeness (QED) is 0.857. The van der Waals surface area contributed by atoms with Crippen molar-refractivity contribution in [3.63, 3.8) is 0 Å². The van der Waals surface area contributed by atoms with E-state index in [1.807, 2.05) is 36.4 Å². The number of hydrogen-bond donors (Lipinski definition) is 1. The van der Waals surface area contributed by atoms with Crippen molar-refractivity contribution in [3.05, 3.63) is 58.7 Å². The van der Waals surface area contributed by atoms with Crippen LogP contribution in [0.2, 0.25) is 0 Å². The Morgan fingerprint density at radius 1 is 1.12 bits per heavy atom. The molecule has 26 heavy (non-hydrogen) atoms. The Labute approximate surface area is 149 Å². The second-order valence-electron chi connectivity index (χ2n) is 6.09. The molecule has 0 radical (unpaired) electrons. The zero-order valence-electron chi connectivity index (χ0n) is 14.0. The number of benzene rings is 2. The van der Waals surface area contributed by atoms with Gasteiger partial charge < -0.3 is 14.8 Å². The number of hydrogen-bond acceptors (Lipinski definition) is 5. The summed E-state index contributed by atoms with van der Waals surface area (Å²) in [6, 6.07) is 12.2. The molecule has 0 spiro atoms. The van der Waals surface area contributed by atoms with E-state index in [0.29, 0.717) is 35.2 Å². The molecule has 7 nitrogen and oxygen atoms in total. The Morgan fingerprint density at radius 2 is 1.92 bits per heavy atom. The summed E-state index contributed by atoms with van der Waals surface area (Å²) in [5.41, 5.74) is 0.921. The predicted molar refractivity (Wildman–Crippen MR) is 91.2 cm³/mol. The average molecular weight is 351 g/mol. The highest BCUT2D eigenvalue weighted by Gasteiger charge is 2.20. The summed E-state index contributed by atoms with van der Waals surface area (Å²) in [5.74, 6) is 0.960. The molecule has 2 aliphatic heterocycles. The first-order chi connectivity index (χ1) is 12.7. The van der Waals surface area contributed by atoms with Gasteiger partial charge in [0.25, 0.3) is 5.91 Å². The minimum Gasteiger partial charge on any atom is -0.454 e. The molecule has 2 aromatic carbocycles. The predicted octanol–water partition coefficient (Wildman–Crippen LogP) is 0.660. The maximum atomic E-state index is 12.1. The minimum absolute atomic E-state index is 0.135. The number of ether oxygens (including phenoxy) is 2. The molecule has 0 aromatic heterocycles. The van der Waals surface area contributed by atoms with E-state index in [1.54, 1.807) is 6.07 Å². The van der Waals surface area contributed by atoms with Crippen LogP contribution in [0.25, 0.3) is 0 Å². The molecule has 0 aliphatic carbocycles. The topological polar surface area (TPSA) is 89.4 Å². The number of rotatable bonds is 5. The second kappa shape index (κ2) is 6.95. The summed E-state index contributed by atoms with van der Waals surface area (Å²) in [4.78, 5) is 32.6. The van der Waals surface area contributed by atoms with Crippen molar-refractivity contribution in [1.82, 2.24) is 5.32 Å². The first kappa shape index (κ1) is 16.3. The lowest BCUT2D eigenvalue weighted by Crippen LogP contribution is -2.37. The van der Waals surface area contributed by atoms with Crippen LogP contribution in [-0.2, 0) is 16.1 Å². The molecule has 0 fully saturated rings. The Kier molecular flexibility index (Phi) is 4.35. The molecule has 132 valence electrons. The Balaban J connectivity index is 1.32. The van der Waals surface area contributed by atoms with Gasteiger partial charge in [-0.3, -0.25) is 14.6 Å². The third-order valence-corrected chi connectivity index (χ3v) is 4.26. The maximum Gasteiger partial charge on any atom is 0.271 e. The van der Waals surface area contributed by atoms with Crippen molar-refractivity contribution in [3.8, 4) is 11.5 Å². The molecular formula is C19H17N3O4. The van der Waals surface area contributed by atoms with Gasteiger partial charge >= 0.3 is 0 Å². The summed E-state index contributed by atoms with van der Waals surface area (Å²) < 4.78 is 10.6. The van der Waals surface area contributed by atoms with Gasteiger partial charge in [-0.05, 0) is 36.2 Å². The maximum absolute atomic E-state index is 12.1. The van der Waals surface area contributed by atoms with Crippen molar-refractivity contribution in [2.75, 3.05) is 6.79 Å². The smallest absolute Gasteiger partial charge is 0.271 e. The molecule has 7 heteroatoms. The van der Waals surface area contributed by atoms with E-state index in [2.05, 4.69) is 15.3 Å². The van der Waals surface area contributed by atoms with Gasteiger partial charge in [-0.1, -0.05) is 18.2 Å². The van der Waals surface area contributed by atoms with Gasteiger partial charge in [-0.15, -0.1) is 0 Å². The van der Waals surface area contributed by atoms with E-state index in [9.17, 15) is 9.59 Å². The third kappa shape index (κ3) is 3.42. The van der Waals surface area contributed by atoms with E-state index in [-0.39, 0.29) is 25.0 Å². The van der Waals surface area contributed by atoms with Gasteiger partial charge in [-0.25, -0.2) is 4.99 Å². The van der Waals surface area contributed by atoms with Crippen LogP contribution in [0.5, 0.6) is 11.5 Å². The van der Waals surface area contributed by atoms with Crippen molar-refractivity contribution in [2.45, 2.75) is 25.4 Å². The van der Waals surface area contributed by atoms with Crippen LogP contribution >= 0.6 is 0 Å². The highest BCUT2D eigenvalue weighted by atomic mass is 16.7. The molecule has 1 atom stereocenters. The first-order valence-corrected chi connectivity index (χ1v) is 8.40. The number of carbonyl (C=O) groups excluding carboxylic acids is 2. The molecule has 2 amide bonds. The highest BCUT2D eigenvalue weighted by Crippen LogP contribution is 2.32. The first-order valence-electron chi connectivity index (χ1n) is 8.40. The summed E-state index contributed by atoms with van der Waals surface area (Å²) in [6.45, 7) is 0.608. The molecule has 2 aliphatic rings. The summed E-state index contributed by atoms with van der Waals surface area (Å²) in [5, 5.41) is 4.12. The van der Waals surface area contributed by atoms with E-state index in [0.717, 1.165) is 5.56 Å². The molecule has 1 unspecified atom stereocenters. The number of fused-ring (bicyclic) bond motifs is 2. The van der Waals surface area contributed by atoms with E-state index >= 15 is 0 Å². The fraction of sp³-hybridized carbons (Fsp3) is 0.263. The van der Waals surface area contributed by atoms with Gasteiger partial charge in [0.1, 0.15) is 6.04 Å². The number of para-hydroxylation sites is 2. The van der Waals surface area contributed by atoms with Crippen LogP contribution in [0.1, 0.15) is 18.4 Å². The fourth-order valence-corrected chi connectivity index (χ4v) is 2.88. The molecular weight excluding hydrogens is 334 g/mol. The van der Waals surface area contributed by atoms with Crippen LogP contribution in [-0.4, -0.2) is 24.6 Å². The molecule has 2 aromatic rings. The van der Waals surface area contributed by atoms with E-state index in [4.69, 9.17) is 9.47 Å². The molecule has 0 bridgehead atoms. The van der Waals surface area contributed by atoms with Crippen LogP contribution < -0.4 is 25.5 Å². The number of nitrogens with one attached hydrogen (secondary N) is 1. The fourth-order valence-electron chi connectivity index (χ4n) is 2.88. The number of carbonyl (C=O) groups is 2. The minimum atomic E-state index is -0.596. The lowest BCUT2D eigenvalue weighted by Gasteiger charge is -2.12. The van der Waals surface area contributed by atoms with Gasteiger partial charge in [0.2, 0.25) is 12.7 Å². The monoisotopic (exact) mass is 351 g/mol. The van der Waals surface area contributed by atoms with Crippen molar-refractivity contribution >= 4 is 11.8 Å². The largest absolute Gasteiger partial charge is 0.454 e. The van der Waals surface area contributed by atoms with Gasteiger partial charge in [-0.2, -0.15) is 0 Å². The summed E-state index contributed by atoms with van der Waals surface area (Å²) in [6.07, 6.45) is 0.547. The highest BCUT2D eigenvalue weighted by molar-refractivity contribution is 5.84. The van der Waals surface area contributed by atoms with Crippen molar-refractivity contribution in [2.24, 2.45) is 9.98 Å². The molecule has 1 N–H and O–H groups in total. The van der Waals surface area contributed by atoms with E-state index < -0.39 is 6.04 Å². The SMILES string of the molecule is O=C(CCC1N=c2ccccc2=NC1=O)NCc1ccc2c(c1)OCO2. The normalized spacial score (nSPS) is 17.1. The van der Waals surface area contributed by atoms with Crippen molar-refractivity contribution < 1.29 is 19.1 Å². The third-order valence-electron chi connectivity index (χ3n) is 4.26. The average Bonchev–Trinajstić information content (AvgIpc) is 3.12. The van der Waals surface area contributed by atoms with Crippen LogP contribution in [0.3, 0.4) is 0 Å². The summed E-state index contributed by atoms with van der Waals surface area (Å²) in [7, 11) is 0. The van der Waals surface area contributed by atoms with E-state index in [1.165, 1.54) is 0 Å². The van der Waals surface area contributed by atoms with Gasteiger partial charge in [0.05, 0.1) is 10.7 Å². The number of amides is 2. The zero-order chi connectivity index (χ0) is 17.9. The van der Waals surface area contributed by atoms with Crippen molar-refractivity contribution in [1.29, 1.82) is 0 Å². The zero-order valence-corrected chi connectivity index (χ0v) is 14.0. The van der Waals surface area contributed by atoms with Gasteiger partial charge in [0.15, 0.2) is 11.5 Å². The lowest BCUT2D eigenvalue weighted by molar-refractivity contribution is -0.122. The number of nitrogens with zero attached hydrogens (tertiary/aromatic N) is 2. The lowest BCUT2D eigenvalue weighted by atomic mass is 10.1. The molecule has 2 heterocycles. The van der Waals surface area contributed by atoms with Crippen LogP contribution in [0.4, 0.5) is 0 Å². The standard InChI is InChI=1S/C19H17N3O4/c23-18(20-10-12-5-7-16-17(9-12)26-11-25-16)8-6-15-19(24)22-14-4-2-1-3-13(14)21-15/h1-5,7,9,15H,6,8,10-11H2,(H,20,23). The molecule has 0 saturated carbocycles. The Bertz CT molecular complexity index is 987. The molecule has 0 saturated heterocycles. The van der Waals surface area contributed by atoms with Gasteiger partial charge in [0, 0.05) is 13.0 Å². The second-order valence-corrected chi connectivity index (χ2v) is 6.09. The Morgan fingerprint density at radius 3 is 2.81 bits per heavy atom. The Hall–Kier alpha value is -3.22. The molecule has 4 rings (SSSR count). The summed E-state index contributed by atoms with van der Waals surface area (Å²) >= 11 is 0.